The predicted octanol–water partition coefficient (Wildman–Crippen LogP) is 5.53. The van der Waals surface area contributed by atoms with Crippen LogP contribution in [0.15, 0.2) is 45.3 Å². The molecular formula is C17H19Br2N. The van der Waals surface area contributed by atoms with Crippen LogP contribution >= 0.6 is 31.9 Å². The zero-order valence-corrected chi connectivity index (χ0v) is 15.2. The minimum atomic E-state index is 0.200. The Morgan fingerprint density at radius 3 is 2.40 bits per heavy atom. The Morgan fingerprint density at radius 2 is 1.75 bits per heavy atom. The van der Waals surface area contributed by atoms with Gasteiger partial charge in [-0.1, -0.05) is 57.0 Å². The summed E-state index contributed by atoms with van der Waals surface area (Å²) in [5.41, 5.74) is 5.21. The van der Waals surface area contributed by atoms with Crippen LogP contribution in [-0.2, 0) is 0 Å². The molecule has 0 saturated carbocycles. The van der Waals surface area contributed by atoms with Gasteiger partial charge in [0.25, 0.3) is 0 Å². The lowest BCUT2D eigenvalue weighted by molar-refractivity contribution is 0.628. The Bertz CT molecular complexity index is 608. The maximum Gasteiger partial charge on any atom is 0.0588 e. The smallest absolute Gasteiger partial charge is 0.0588 e. The van der Waals surface area contributed by atoms with Crippen molar-refractivity contribution in [2.75, 3.05) is 6.54 Å². The Hall–Kier alpha value is -0.640. The molecule has 0 spiro atoms. The third-order valence-corrected chi connectivity index (χ3v) is 4.76. The van der Waals surface area contributed by atoms with Gasteiger partial charge in [0.05, 0.1) is 6.04 Å². The van der Waals surface area contributed by atoms with Gasteiger partial charge < -0.3 is 5.32 Å². The normalized spacial score (nSPS) is 12.4. The number of nitrogens with one attached hydrogen (secondary N) is 1. The maximum atomic E-state index is 3.67. The summed E-state index contributed by atoms with van der Waals surface area (Å²) in [7, 11) is 0. The van der Waals surface area contributed by atoms with Crippen LogP contribution in [0.5, 0.6) is 0 Å². The molecule has 2 aromatic rings. The highest BCUT2D eigenvalue weighted by Gasteiger charge is 2.16. The summed E-state index contributed by atoms with van der Waals surface area (Å²) in [4.78, 5) is 0. The van der Waals surface area contributed by atoms with Crippen LogP contribution in [0, 0.1) is 13.8 Å². The first kappa shape index (κ1) is 15.7. The molecule has 20 heavy (non-hydrogen) atoms. The van der Waals surface area contributed by atoms with Gasteiger partial charge in [0, 0.05) is 8.95 Å². The first-order valence-corrected chi connectivity index (χ1v) is 8.37. The van der Waals surface area contributed by atoms with Crippen LogP contribution < -0.4 is 5.32 Å². The van der Waals surface area contributed by atoms with Crippen molar-refractivity contribution in [1.29, 1.82) is 0 Å². The molecule has 1 nitrogen and oxygen atoms in total. The number of benzene rings is 2. The van der Waals surface area contributed by atoms with Crippen LogP contribution in [0.3, 0.4) is 0 Å². The average molecular weight is 397 g/mol. The van der Waals surface area contributed by atoms with Crippen molar-refractivity contribution in [2.45, 2.75) is 26.8 Å². The van der Waals surface area contributed by atoms with Gasteiger partial charge in [-0.3, -0.25) is 0 Å². The summed E-state index contributed by atoms with van der Waals surface area (Å²) >= 11 is 7.24. The molecule has 2 rings (SSSR count). The molecule has 0 aromatic heterocycles. The second-order valence-electron chi connectivity index (χ2n) is 5.00. The summed E-state index contributed by atoms with van der Waals surface area (Å²) in [5, 5.41) is 3.58. The molecule has 0 saturated heterocycles. The molecule has 1 N–H and O–H groups in total. The lowest BCUT2D eigenvalue weighted by Gasteiger charge is -2.21. The molecule has 0 heterocycles. The molecule has 1 unspecified atom stereocenters. The van der Waals surface area contributed by atoms with Crippen molar-refractivity contribution in [3.8, 4) is 0 Å². The number of rotatable bonds is 4. The summed E-state index contributed by atoms with van der Waals surface area (Å²) in [6, 6.07) is 13.2. The highest BCUT2D eigenvalue weighted by atomic mass is 79.9. The number of halogens is 2. The van der Waals surface area contributed by atoms with E-state index < -0.39 is 0 Å². The summed E-state index contributed by atoms with van der Waals surface area (Å²) in [6.07, 6.45) is 0. The molecule has 0 bridgehead atoms. The van der Waals surface area contributed by atoms with E-state index in [0.29, 0.717) is 0 Å². The summed E-state index contributed by atoms with van der Waals surface area (Å²) in [6.45, 7) is 7.38. The zero-order chi connectivity index (χ0) is 14.7. The first-order chi connectivity index (χ1) is 9.52. The zero-order valence-electron chi connectivity index (χ0n) is 12.0. The van der Waals surface area contributed by atoms with Crippen molar-refractivity contribution in [3.05, 3.63) is 67.6 Å². The molecule has 0 amide bonds. The largest absolute Gasteiger partial charge is 0.306 e. The summed E-state index contributed by atoms with van der Waals surface area (Å²) in [5.74, 6) is 0. The minimum Gasteiger partial charge on any atom is -0.306 e. The number of hydrogen-bond acceptors (Lipinski definition) is 1. The lowest BCUT2D eigenvalue weighted by atomic mass is 9.95. The number of hydrogen-bond donors (Lipinski definition) is 1. The monoisotopic (exact) mass is 395 g/mol. The van der Waals surface area contributed by atoms with Crippen molar-refractivity contribution in [1.82, 2.24) is 5.32 Å². The second kappa shape index (κ2) is 6.88. The van der Waals surface area contributed by atoms with Gasteiger partial charge in [-0.05, 0) is 60.8 Å². The minimum absolute atomic E-state index is 0.200. The van der Waals surface area contributed by atoms with Crippen molar-refractivity contribution >= 4 is 31.9 Å². The Balaban J connectivity index is 2.49. The van der Waals surface area contributed by atoms with E-state index in [4.69, 9.17) is 0 Å². The van der Waals surface area contributed by atoms with E-state index >= 15 is 0 Å². The molecule has 3 heteroatoms. The molecule has 106 valence electrons. The van der Waals surface area contributed by atoms with Crippen molar-refractivity contribution < 1.29 is 0 Å². The molecule has 1 atom stereocenters. The maximum absolute atomic E-state index is 3.67. The molecule has 0 aliphatic heterocycles. The second-order valence-corrected chi connectivity index (χ2v) is 6.77. The van der Waals surface area contributed by atoms with Gasteiger partial charge in [-0.2, -0.15) is 0 Å². The molecule has 0 aliphatic carbocycles. The van der Waals surface area contributed by atoms with Crippen LogP contribution in [0.25, 0.3) is 0 Å². The summed E-state index contributed by atoms with van der Waals surface area (Å²) < 4.78 is 2.23. The first-order valence-electron chi connectivity index (χ1n) is 6.78. The van der Waals surface area contributed by atoms with E-state index in [1.807, 2.05) is 0 Å². The van der Waals surface area contributed by atoms with E-state index in [-0.39, 0.29) is 6.04 Å². The SMILES string of the molecule is CCNC(c1ccc(C)c(C)c1)c1cc(Br)ccc1Br. The third kappa shape index (κ3) is 3.51. The Kier molecular flexibility index (Phi) is 5.42. The fourth-order valence-corrected chi connectivity index (χ4v) is 3.15. The van der Waals surface area contributed by atoms with Gasteiger partial charge in [0.2, 0.25) is 0 Å². The van der Waals surface area contributed by atoms with Gasteiger partial charge in [0.15, 0.2) is 0 Å². The number of aryl methyl sites for hydroxylation is 2. The van der Waals surface area contributed by atoms with Crippen LogP contribution in [0.1, 0.15) is 35.2 Å². The van der Waals surface area contributed by atoms with Crippen molar-refractivity contribution in [3.63, 3.8) is 0 Å². The van der Waals surface area contributed by atoms with Gasteiger partial charge in [0.1, 0.15) is 0 Å². The van der Waals surface area contributed by atoms with Gasteiger partial charge in [-0.25, -0.2) is 0 Å². The molecule has 0 radical (unpaired) electrons. The van der Waals surface area contributed by atoms with Crippen LogP contribution in [0.2, 0.25) is 0 Å². The predicted molar refractivity (Wildman–Crippen MR) is 93.3 cm³/mol. The van der Waals surface area contributed by atoms with Gasteiger partial charge >= 0.3 is 0 Å². The molecular weight excluding hydrogens is 378 g/mol. The van der Waals surface area contributed by atoms with E-state index in [0.717, 1.165) is 15.5 Å². The molecule has 0 fully saturated rings. The third-order valence-electron chi connectivity index (χ3n) is 3.54. The highest BCUT2D eigenvalue weighted by molar-refractivity contribution is 9.11. The topological polar surface area (TPSA) is 12.0 Å². The highest BCUT2D eigenvalue weighted by Crippen LogP contribution is 2.31. The van der Waals surface area contributed by atoms with E-state index in [1.54, 1.807) is 0 Å². The Labute approximate surface area is 138 Å². The lowest BCUT2D eigenvalue weighted by Crippen LogP contribution is -2.22. The molecule has 0 aliphatic rings. The fraction of sp³-hybridized carbons (Fsp3) is 0.294. The fourth-order valence-electron chi connectivity index (χ4n) is 2.29. The van der Waals surface area contributed by atoms with Gasteiger partial charge in [-0.15, -0.1) is 0 Å². The van der Waals surface area contributed by atoms with Crippen LogP contribution in [0.4, 0.5) is 0 Å². The standard InChI is InChI=1S/C17H19Br2N/c1-4-20-17(13-6-5-11(2)12(3)9-13)15-10-14(18)7-8-16(15)19/h5-10,17,20H,4H2,1-3H3. The average Bonchev–Trinajstić information content (AvgIpc) is 2.42. The van der Waals surface area contributed by atoms with Crippen molar-refractivity contribution in [2.24, 2.45) is 0 Å². The van der Waals surface area contributed by atoms with Crippen LogP contribution in [-0.4, -0.2) is 6.54 Å². The quantitative estimate of drug-likeness (QED) is 0.716. The van der Waals surface area contributed by atoms with E-state index in [2.05, 4.69) is 94.3 Å². The van der Waals surface area contributed by atoms with E-state index in [9.17, 15) is 0 Å². The molecule has 2 aromatic carbocycles. The van der Waals surface area contributed by atoms with E-state index in [1.165, 1.54) is 22.3 Å². The Morgan fingerprint density at radius 1 is 1.00 bits per heavy atom.